The molecule has 1 N–H and O–H groups in total. The number of amides is 1. The van der Waals surface area contributed by atoms with Gasteiger partial charge in [0.2, 0.25) is 0 Å². The van der Waals surface area contributed by atoms with E-state index in [1.54, 1.807) is 6.07 Å². The predicted octanol–water partition coefficient (Wildman–Crippen LogP) is 4.56. The second-order valence-corrected chi connectivity index (χ2v) is 5.57. The van der Waals surface area contributed by atoms with Crippen molar-refractivity contribution in [2.75, 3.05) is 5.32 Å². The van der Waals surface area contributed by atoms with E-state index >= 15 is 0 Å². The van der Waals surface area contributed by atoms with Crippen molar-refractivity contribution in [3.8, 4) is 5.82 Å². The summed E-state index contributed by atoms with van der Waals surface area (Å²) >= 11 is 0. The van der Waals surface area contributed by atoms with Gasteiger partial charge in [0.05, 0.1) is 16.8 Å². The SMILES string of the molecule is O=C(Nc1cccnc1-n1cccn1)c1cc(C(F)(F)F)cc(C(F)(F)F)c1. The van der Waals surface area contributed by atoms with Gasteiger partial charge in [-0.2, -0.15) is 31.4 Å². The van der Waals surface area contributed by atoms with Gasteiger partial charge in [0.1, 0.15) is 0 Å². The van der Waals surface area contributed by atoms with E-state index in [0.717, 1.165) is 0 Å². The first kappa shape index (κ1) is 19.4. The van der Waals surface area contributed by atoms with Crippen molar-refractivity contribution in [2.45, 2.75) is 12.4 Å². The molecule has 1 amide bonds. The molecule has 11 heteroatoms. The number of anilines is 1. The summed E-state index contributed by atoms with van der Waals surface area (Å²) in [5.74, 6) is -1.01. The summed E-state index contributed by atoms with van der Waals surface area (Å²) in [4.78, 5) is 16.4. The minimum Gasteiger partial charge on any atom is -0.319 e. The van der Waals surface area contributed by atoms with Crippen molar-refractivity contribution < 1.29 is 31.1 Å². The Kier molecular flexibility index (Phi) is 4.84. The smallest absolute Gasteiger partial charge is 0.319 e. The van der Waals surface area contributed by atoms with Gasteiger partial charge in [-0.1, -0.05) is 0 Å². The molecule has 5 nitrogen and oxygen atoms in total. The third-order valence-electron chi connectivity index (χ3n) is 3.61. The van der Waals surface area contributed by atoms with Crippen molar-refractivity contribution in [1.29, 1.82) is 0 Å². The van der Waals surface area contributed by atoms with Crippen LogP contribution in [-0.2, 0) is 12.4 Å². The maximum atomic E-state index is 13.0. The number of rotatable bonds is 3. The van der Waals surface area contributed by atoms with E-state index in [2.05, 4.69) is 15.4 Å². The second-order valence-electron chi connectivity index (χ2n) is 5.57. The van der Waals surface area contributed by atoms with Crippen molar-refractivity contribution in [2.24, 2.45) is 0 Å². The molecule has 0 spiro atoms. The van der Waals surface area contributed by atoms with Crippen molar-refractivity contribution in [3.05, 3.63) is 71.7 Å². The molecule has 0 bridgehead atoms. The molecule has 0 saturated heterocycles. The topological polar surface area (TPSA) is 59.8 Å². The molecule has 0 atom stereocenters. The molecule has 0 saturated carbocycles. The maximum absolute atomic E-state index is 13.0. The van der Waals surface area contributed by atoms with Crippen LogP contribution in [0.25, 0.3) is 5.82 Å². The fourth-order valence-electron chi connectivity index (χ4n) is 2.35. The average molecular weight is 400 g/mol. The number of nitrogens with zero attached hydrogens (tertiary/aromatic N) is 3. The summed E-state index contributed by atoms with van der Waals surface area (Å²) in [5.41, 5.74) is -3.89. The molecular formula is C17H10F6N4O. The number of hydrogen-bond donors (Lipinski definition) is 1. The maximum Gasteiger partial charge on any atom is 0.416 e. The Balaban J connectivity index is 2.00. The zero-order chi connectivity index (χ0) is 20.5. The van der Waals surface area contributed by atoms with Crippen LogP contribution in [0.3, 0.4) is 0 Å². The molecule has 3 rings (SSSR count). The minimum absolute atomic E-state index is 0.0456. The molecule has 28 heavy (non-hydrogen) atoms. The number of aromatic nitrogens is 3. The van der Waals surface area contributed by atoms with E-state index in [-0.39, 0.29) is 17.6 Å². The van der Waals surface area contributed by atoms with Crippen LogP contribution >= 0.6 is 0 Å². The van der Waals surface area contributed by atoms with Gasteiger partial charge >= 0.3 is 12.4 Å². The van der Waals surface area contributed by atoms with Crippen molar-refractivity contribution in [3.63, 3.8) is 0 Å². The van der Waals surface area contributed by atoms with E-state index in [0.29, 0.717) is 12.1 Å². The zero-order valence-electron chi connectivity index (χ0n) is 13.7. The molecule has 0 fully saturated rings. The molecule has 1 aromatic carbocycles. The fourth-order valence-corrected chi connectivity index (χ4v) is 2.35. The predicted molar refractivity (Wildman–Crippen MR) is 85.8 cm³/mol. The summed E-state index contributed by atoms with van der Waals surface area (Å²) in [5, 5.41) is 6.20. The molecule has 0 aliphatic rings. The Morgan fingerprint density at radius 3 is 2.11 bits per heavy atom. The molecule has 3 aromatic rings. The Labute approximate surface area is 153 Å². The van der Waals surface area contributed by atoms with Gasteiger partial charge in [0.25, 0.3) is 5.91 Å². The molecule has 0 radical (unpaired) electrons. The van der Waals surface area contributed by atoms with Gasteiger partial charge in [0, 0.05) is 24.2 Å². The van der Waals surface area contributed by atoms with Crippen LogP contribution in [0.15, 0.2) is 55.0 Å². The number of halogens is 6. The number of carbonyl (C=O) groups excluding carboxylic acids is 1. The highest BCUT2D eigenvalue weighted by atomic mass is 19.4. The summed E-state index contributed by atoms with van der Waals surface area (Å²) in [7, 11) is 0. The van der Waals surface area contributed by atoms with Crippen LogP contribution in [0.2, 0.25) is 0 Å². The van der Waals surface area contributed by atoms with E-state index in [1.165, 1.54) is 35.4 Å². The van der Waals surface area contributed by atoms with Crippen molar-refractivity contribution >= 4 is 11.6 Å². The number of nitrogens with one attached hydrogen (secondary N) is 1. The molecule has 0 aliphatic carbocycles. The van der Waals surface area contributed by atoms with Gasteiger partial charge in [-0.25, -0.2) is 9.67 Å². The highest BCUT2D eigenvalue weighted by Gasteiger charge is 2.37. The molecule has 2 heterocycles. The highest BCUT2D eigenvalue weighted by molar-refractivity contribution is 6.05. The van der Waals surface area contributed by atoms with E-state index in [1.807, 2.05) is 0 Å². The Morgan fingerprint density at radius 2 is 1.57 bits per heavy atom. The Bertz CT molecular complexity index is 963. The molecule has 0 aliphatic heterocycles. The Morgan fingerprint density at radius 1 is 0.929 bits per heavy atom. The standard InChI is InChI=1S/C17H10F6N4O/c18-16(19,20)11-7-10(8-12(9-11)17(21,22)23)15(28)26-13-3-1-4-24-14(13)27-6-2-5-25-27/h1-9H,(H,26,28). The number of hydrogen-bond acceptors (Lipinski definition) is 3. The lowest BCUT2D eigenvalue weighted by molar-refractivity contribution is -0.143. The zero-order valence-corrected chi connectivity index (χ0v) is 13.7. The second kappa shape index (κ2) is 6.98. The van der Waals surface area contributed by atoms with Gasteiger partial charge in [0.15, 0.2) is 5.82 Å². The molecule has 2 aromatic heterocycles. The summed E-state index contributed by atoms with van der Waals surface area (Å²) in [6, 6.07) is 5.07. The summed E-state index contributed by atoms with van der Waals surface area (Å²) in [6.45, 7) is 0. The number of pyridine rings is 1. The van der Waals surface area contributed by atoms with Crippen LogP contribution in [0.1, 0.15) is 21.5 Å². The average Bonchev–Trinajstić information content (AvgIpc) is 3.14. The third-order valence-corrected chi connectivity index (χ3v) is 3.61. The minimum atomic E-state index is -5.05. The van der Waals surface area contributed by atoms with Crippen LogP contribution in [-0.4, -0.2) is 20.7 Å². The summed E-state index contributed by atoms with van der Waals surface area (Å²) in [6.07, 6.45) is -5.78. The van der Waals surface area contributed by atoms with Crippen LogP contribution in [0, 0.1) is 0 Å². The van der Waals surface area contributed by atoms with Gasteiger partial charge in [-0.05, 0) is 36.4 Å². The van der Waals surface area contributed by atoms with Crippen LogP contribution < -0.4 is 5.32 Å². The Hall–Kier alpha value is -3.37. The lowest BCUT2D eigenvalue weighted by atomic mass is 10.0. The van der Waals surface area contributed by atoms with Crippen LogP contribution in [0.5, 0.6) is 0 Å². The largest absolute Gasteiger partial charge is 0.416 e. The fraction of sp³-hybridized carbons (Fsp3) is 0.118. The normalized spacial score (nSPS) is 12.1. The first-order valence-electron chi connectivity index (χ1n) is 7.61. The van der Waals surface area contributed by atoms with Gasteiger partial charge < -0.3 is 5.32 Å². The lowest BCUT2D eigenvalue weighted by Crippen LogP contribution is -2.18. The van der Waals surface area contributed by atoms with Crippen LogP contribution in [0.4, 0.5) is 32.0 Å². The van der Waals surface area contributed by atoms with Gasteiger partial charge in [-0.3, -0.25) is 4.79 Å². The van der Waals surface area contributed by atoms with E-state index in [4.69, 9.17) is 0 Å². The quantitative estimate of drug-likeness (QED) is 0.656. The highest BCUT2D eigenvalue weighted by Crippen LogP contribution is 2.36. The van der Waals surface area contributed by atoms with Gasteiger partial charge in [-0.15, -0.1) is 0 Å². The monoisotopic (exact) mass is 400 g/mol. The van der Waals surface area contributed by atoms with Crippen molar-refractivity contribution in [1.82, 2.24) is 14.8 Å². The first-order valence-corrected chi connectivity index (χ1v) is 7.61. The lowest BCUT2D eigenvalue weighted by Gasteiger charge is -2.15. The van der Waals surface area contributed by atoms with E-state index in [9.17, 15) is 31.1 Å². The summed E-state index contributed by atoms with van der Waals surface area (Å²) < 4.78 is 79.0. The molecule has 146 valence electrons. The molecule has 0 unspecified atom stereocenters. The first-order chi connectivity index (χ1) is 13.1. The number of alkyl halides is 6. The van der Waals surface area contributed by atoms with E-state index < -0.39 is 35.0 Å². The third kappa shape index (κ3) is 4.13. The number of benzene rings is 1. The number of carbonyl (C=O) groups is 1. The molecular weight excluding hydrogens is 390 g/mol.